The van der Waals surface area contributed by atoms with Crippen LogP contribution >= 0.6 is 11.3 Å². The third-order valence-corrected chi connectivity index (χ3v) is 4.48. The summed E-state index contributed by atoms with van der Waals surface area (Å²) >= 11 is 1.72. The standard InChI is InChI=1S/C15H17NOS/c1-16(9-11-6-7-18-10-11)14-8-12-4-2-3-5-13(12)15(14)17/h2-7,10,14-15,17H,8-9H2,1H3. The fourth-order valence-electron chi connectivity index (χ4n) is 2.74. The first-order chi connectivity index (χ1) is 8.75. The van der Waals surface area contributed by atoms with Crippen LogP contribution in [0.3, 0.4) is 0 Å². The van der Waals surface area contributed by atoms with E-state index in [1.54, 1.807) is 11.3 Å². The molecule has 0 saturated carbocycles. The molecule has 2 nitrogen and oxygen atoms in total. The van der Waals surface area contributed by atoms with Gasteiger partial charge in [0.05, 0.1) is 6.10 Å². The summed E-state index contributed by atoms with van der Waals surface area (Å²) in [4.78, 5) is 2.26. The Morgan fingerprint density at radius 3 is 2.89 bits per heavy atom. The molecular formula is C15H17NOS. The molecule has 1 heterocycles. The Bertz CT molecular complexity index is 523. The van der Waals surface area contributed by atoms with Crippen LogP contribution in [0.15, 0.2) is 41.1 Å². The topological polar surface area (TPSA) is 23.5 Å². The molecule has 1 aromatic heterocycles. The second-order valence-corrected chi connectivity index (χ2v) is 5.74. The van der Waals surface area contributed by atoms with Gasteiger partial charge in [-0.1, -0.05) is 24.3 Å². The molecule has 0 fully saturated rings. The molecule has 2 atom stereocenters. The Morgan fingerprint density at radius 2 is 2.17 bits per heavy atom. The maximum atomic E-state index is 10.4. The van der Waals surface area contributed by atoms with Crippen LogP contribution in [0, 0.1) is 0 Å². The quantitative estimate of drug-likeness (QED) is 0.916. The number of benzene rings is 1. The van der Waals surface area contributed by atoms with Gasteiger partial charge in [-0.2, -0.15) is 11.3 Å². The molecule has 0 saturated heterocycles. The van der Waals surface area contributed by atoms with Gasteiger partial charge in [-0.05, 0) is 47.0 Å². The van der Waals surface area contributed by atoms with Gasteiger partial charge in [-0.15, -0.1) is 0 Å². The van der Waals surface area contributed by atoms with E-state index in [1.165, 1.54) is 11.1 Å². The van der Waals surface area contributed by atoms with Crippen LogP contribution in [-0.2, 0) is 13.0 Å². The molecule has 1 aliphatic rings. The summed E-state index contributed by atoms with van der Waals surface area (Å²) in [6.07, 6.45) is 0.586. The maximum Gasteiger partial charge on any atom is 0.0951 e. The highest BCUT2D eigenvalue weighted by Crippen LogP contribution is 2.34. The number of likely N-dealkylation sites (N-methyl/N-ethyl adjacent to an activating group) is 1. The van der Waals surface area contributed by atoms with Crippen LogP contribution in [0.1, 0.15) is 22.8 Å². The van der Waals surface area contributed by atoms with Crippen LogP contribution in [0.5, 0.6) is 0 Å². The van der Waals surface area contributed by atoms with E-state index in [9.17, 15) is 5.11 Å². The van der Waals surface area contributed by atoms with Gasteiger partial charge in [0.1, 0.15) is 0 Å². The lowest BCUT2D eigenvalue weighted by Gasteiger charge is -2.26. The highest BCUT2D eigenvalue weighted by atomic mass is 32.1. The lowest BCUT2D eigenvalue weighted by Crippen LogP contribution is -2.34. The van der Waals surface area contributed by atoms with Crippen molar-refractivity contribution in [1.29, 1.82) is 0 Å². The van der Waals surface area contributed by atoms with Gasteiger partial charge in [0.2, 0.25) is 0 Å². The Balaban J connectivity index is 1.75. The fourth-order valence-corrected chi connectivity index (χ4v) is 3.40. The molecule has 0 bridgehead atoms. The average Bonchev–Trinajstić information content (AvgIpc) is 2.98. The molecule has 1 aliphatic carbocycles. The summed E-state index contributed by atoms with van der Waals surface area (Å²) in [6.45, 7) is 0.902. The number of aliphatic hydroxyl groups excluding tert-OH is 1. The fraction of sp³-hybridized carbons (Fsp3) is 0.333. The van der Waals surface area contributed by atoms with E-state index >= 15 is 0 Å². The normalized spacial score (nSPS) is 22.4. The second-order valence-electron chi connectivity index (χ2n) is 4.96. The zero-order valence-corrected chi connectivity index (χ0v) is 11.2. The van der Waals surface area contributed by atoms with Crippen molar-refractivity contribution in [3.8, 4) is 0 Å². The molecule has 0 amide bonds. The van der Waals surface area contributed by atoms with Gasteiger partial charge in [0.15, 0.2) is 0 Å². The highest BCUT2D eigenvalue weighted by molar-refractivity contribution is 7.07. The number of fused-ring (bicyclic) bond motifs is 1. The molecule has 2 unspecified atom stereocenters. The number of nitrogens with zero attached hydrogens (tertiary/aromatic N) is 1. The summed E-state index contributed by atoms with van der Waals surface area (Å²) in [5.41, 5.74) is 3.71. The van der Waals surface area contributed by atoms with Crippen molar-refractivity contribution in [1.82, 2.24) is 4.90 Å². The van der Waals surface area contributed by atoms with Gasteiger partial charge in [0, 0.05) is 12.6 Å². The van der Waals surface area contributed by atoms with E-state index in [2.05, 4.69) is 34.8 Å². The molecule has 1 N–H and O–H groups in total. The third-order valence-electron chi connectivity index (χ3n) is 3.75. The highest BCUT2D eigenvalue weighted by Gasteiger charge is 2.33. The van der Waals surface area contributed by atoms with Crippen molar-refractivity contribution in [3.63, 3.8) is 0 Å². The lowest BCUT2D eigenvalue weighted by molar-refractivity contribution is 0.0722. The maximum absolute atomic E-state index is 10.4. The van der Waals surface area contributed by atoms with Crippen molar-refractivity contribution in [2.45, 2.75) is 25.1 Å². The average molecular weight is 259 g/mol. The van der Waals surface area contributed by atoms with Gasteiger partial charge in [0.25, 0.3) is 0 Å². The summed E-state index contributed by atoms with van der Waals surface area (Å²) in [5.74, 6) is 0. The zero-order valence-electron chi connectivity index (χ0n) is 10.4. The van der Waals surface area contributed by atoms with Crippen LogP contribution in [0.4, 0.5) is 0 Å². The van der Waals surface area contributed by atoms with Gasteiger partial charge in [-0.25, -0.2) is 0 Å². The molecule has 0 radical (unpaired) electrons. The van der Waals surface area contributed by atoms with Crippen molar-refractivity contribution < 1.29 is 5.11 Å². The van der Waals surface area contributed by atoms with Crippen molar-refractivity contribution >= 4 is 11.3 Å². The third kappa shape index (κ3) is 2.09. The molecule has 0 spiro atoms. The van der Waals surface area contributed by atoms with E-state index < -0.39 is 0 Å². The second kappa shape index (κ2) is 4.84. The van der Waals surface area contributed by atoms with Crippen LogP contribution < -0.4 is 0 Å². The predicted octanol–water partition coefficient (Wildman–Crippen LogP) is 2.84. The largest absolute Gasteiger partial charge is 0.387 e. The van der Waals surface area contributed by atoms with Crippen molar-refractivity contribution in [2.24, 2.45) is 0 Å². The van der Waals surface area contributed by atoms with E-state index in [-0.39, 0.29) is 12.1 Å². The Morgan fingerprint density at radius 1 is 1.33 bits per heavy atom. The van der Waals surface area contributed by atoms with Crippen molar-refractivity contribution in [3.05, 3.63) is 57.8 Å². The van der Waals surface area contributed by atoms with Gasteiger partial charge < -0.3 is 5.11 Å². The molecule has 3 rings (SSSR count). The van der Waals surface area contributed by atoms with E-state index in [0.717, 1.165) is 18.5 Å². The molecule has 94 valence electrons. The van der Waals surface area contributed by atoms with Crippen LogP contribution in [-0.4, -0.2) is 23.1 Å². The molecule has 18 heavy (non-hydrogen) atoms. The summed E-state index contributed by atoms with van der Waals surface area (Å²) in [7, 11) is 2.09. The van der Waals surface area contributed by atoms with E-state index in [4.69, 9.17) is 0 Å². The minimum absolute atomic E-state index is 0.197. The summed E-state index contributed by atoms with van der Waals surface area (Å²) < 4.78 is 0. The predicted molar refractivity (Wildman–Crippen MR) is 74.7 cm³/mol. The summed E-state index contributed by atoms with van der Waals surface area (Å²) in [6, 6.07) is 10.6. The smallest absolute Gasteiger partial charge is 0.0951 e. The number of rotatable bonds is 3. The van der Waals surface area contributed by atoms with Crippen molar-refractivity contribution in [2.75, 3.05) is 7.05 Å². The number of hydrogen-bond donors (Lipinski definition) is 1. The molecule has 2 aromatic rings. The minimum Gasteiger partial charge on any atom is -0.387 e. The Labute approximate surface area is 112 Å². The first-order valence-electron chi connectivity index (χ1n) is 6.23. The molecular weight excluding hydrogens is 242 g/mol. The Hall–Kier alpha value is -1.16. The van der Waals surface area contributed by atoms with Gasteiger partial charge in [-0.3, -0.25) is 4.90 Å². The first-order valence-corrected chi connectivity index (χ1v) is 7.17. The zero-order chi connectivity index (χ0) is 12.5. The Kier molecular flexibility index (Phi) is 3.20. The molecule has 0 aliphatic heterocycles. The van der Waals surface area contributed by atoms with Gasteiger partial charge >= 0.3 is 0 Å². The monoisotopic (exact) mass is 259 g/mol. The number of hydrogen-bond acceptors (Lipinski definition) is 3. The molecule has 1 aromatic carbocycles. The minimum atomic E-state index is -0.357. The first kappa shape index (κ1) is 11.9. The number of aliphatic hydroxyl groups is 1. The van der Waals surface area contributed by atoms with E-state index in [1.807, 2.05) is 18.2 Å². The van der Waals surface area contributed by atoms with Crippen LogP contribution in [0.2, 0.25) is 0 Å². The van der Waals surface area contributed by atoms with Crippen LogP contribution in [0.25, 0.3) is 0 Å². The summed E-state index contributed by atoms with van der Waals surface area (Å²) in [5, 5.41) is 14.7. The lowest BCUT2D eigenvalue weighted by atomic mass is 10.1. The van der Waals surface area contributed by atoms with E-state index in [0.29, 0.717) is 0 Å². The number of thiophene rings is 1. The SMILES string of the molecule is CN(Cc1ccsc1)C1Cc2ccccc2C1O. The molecule has 3 heteroatoms.